The summed E-state index contributed by atoms with van der Waals surface area (Å²) in [7, 11) is 0. The third-order valence-electron chi connectivity index (χ3n) is 2.39. The molecule has 2 unspecified atom stereocenters. The molecule has 1 aromatic rings. The molecule has 0 radical (unpaired) electrons. The SMILES string of the molecule is CC(=O)SCC(O)C(O)c1ccc(N)cc1[N+](=O)[O-]. The number of rotatable bonds is 5. The van der Waals surface area contributed by atoms with Crippen molar-refractivity contribution in [3.05, 3.63) is 33.9 Å². The maximum Gasteiger partial charge on any atom is 0.277 e. The van der Waals surface area contributed by atoms with E-state index < -0.39 is 17.1 Å². The highest BCUT2D eigenvalue weighted by molar-refractivity contribution is 8.13. The monoisotopic (exact) mass is 286 g/mol. The van der Waals surface area contributed by atoms with E-state index >= 15 is 0 Å². The number of anilines is 1. The van der Waals surface area contributed by atoms with Gasteiger partial charge in [0.05, 0.1) is 16.6 Å². The van der Waals surface area contributed by atoms with E-state index in [2.05, 4.69) is 0 Å². The number of thioether (sulfide) groups is 1. The molecule has 0 amide bonds. The van der Waals surface area contributed by atoms with Crippen molar-refractivity contribution >= 4 is 28.3 Å². The van der Waals surface area contributed by atoms with Crippen LogP contribution in [0, 0.1) is 10.1 Å². The summed E-state index contributed by atoms with van der Waals surface area (Å²) in [6.07, 6.45) is -2.73. The van der Waals surface area contributed by atoms with E-state index in [-0.39, 0.29) is 27.8 Å². The van der Waals surface area contributed by atoms with Gasteiger partial charge in [-0.15, -0.1) is 0 Å². The van der Waals surface area contributed by atoms with E-state index in [1.165, 1.54) is 19.1 Å². The smallest absolute Gasteiger partial charge is 0.277 e. The molecule has 0 fully saturated rings. The van der Waals surface area contributed by atoms with Crippen molar-refractivity contribution in [3.8, 4) is 0 Å². The minimum absolute atomic E-state index is 0.0316. The van der Waals surface area contributed by atoms with Crippen LogP contribution in [0.4, 0.5) is 11.4 Å². The molecule has 1 rings (SSSR count). The average Bonchev–Trinajstić information content (AvgIpc) is 2.34. The number of hydrogen-bond acceptors (Lipinski definition) is 7. The first-order chi connectivity index (χ1) is 8.82. The van der Waals surface area contributed by atoms with Crippen LogP contribution in [0.1, 0.15) is 18.6 Å². The highest BCUT2D eigenvalue weighted by Crippen LogP contribution is 2.30. The lowest BCUT2D eigenvalue weighted by molar-refractivity contribution is -0.386. The Morgan fingerprint density at radius 1 is 1.53 bits per heavy atom. The summed E-state index contributed by atoms with van der Waals surface area (Å²) in [6, 6.07) is 3.81. The van der Waals surface area contributed by atoms with Crippen LogP contribution in [0.15, 0.2) is 18.2 Å². The van der Waals surface area contributed by atoms with Crippen LogP contribution >= 0.6 is 11.8 Å². The van der Waals surface area contributed by atoms with Gasteiger partial charge in [-0.3, -0.25) is 14.9 Å². The third kappa shape index (κ3) is 4.19. The molecule has 0 heterocycles. The highest BCUT2D eigenvalue weighted by Gasteiger charge is 2.26. The quantitative estimate of drug-likeness (QED) is 0.416. The van der Waals surface area contributed by atoms with Crippen LogP contribution in [-0.2, 0) is 4.79 Å². The summed E-state index contributed by atoms with van der Waals surface area (Å²) >= 11 is 0.836. The summed E-state index contributed by atoms with van der Waals surface area (Å²) in [6.45, 7) is 1.33. The largest absolute Gasteiger partial charge is 0.399 e. The highest BCUT2D eigenvalue weighted by atomic mass is 32.2. The predicted molar refractivity (Wildman–Crippen MR) is 71.6 cm³/mol. The van der Waals surface area contributed by atoms with Gasteiger partial charge >= 0.3 is 0 Å². The van der Waals surface area contributed by atoms with Gasteiger partial charge in [0.2, 0.25) is 0 Å². The number of nitro benzene ring substituents is 1. The number of aliphatic hydroxyl groups is 2. The van der Waals surface area contributed by atoms with E-state index in [1.54, 1.807) is 0 Å². The van der Waals surface area contributed by atoms with E-state index in [9.17, 15) is 25.1 Å². The lowest BCUT2D eigenvalue weighted by Gasteiger charge is -2.17. The Kier molecular flexibility index (Phi) is 5.28. The molecule has 0 aliphatic carbocycles. The van der Waals surface area contributed by atoms with Crippen LogP contribution in [0.2, 0.25) is 0 Å². The van der Waals surface area contributed by atoms with Crippen LogP contribution in [0.5, 0.6) is 0 Å². The minimum Gasteiger partial charge on any atom is -0.399 e. The number of aliphatic hydroxyl groups excluding tert-OH is 2. The summed E-state index contributed by atoms with van der Waals surface area (Å²) < 4.78 is 0. The fourth-order valence-corrected chi connectivity index (χ4v) is 2.06. The van der Waals surface area contributed by atoms with Crippen molar-refractivity contribution in [1.82, 2.24) is 0 Å². The Bertz CT molecular complexity index is 494. The molecular weight excluding hydrogens is 272 g/mol. The van der Waals surface area contributed by atoms with Crippen molar-refractivity contribution in [3.63, 3.8) is 0 Å². The van der Waals surface area contributed by atoms with E-state index in [1.807, 2.05) is 0 Å². The third-order valence-corrected chi connectivity index (χ3v) is 3.31. The van der Waals surface area contributed by atoms with Gasteiger partial charge in [0.25, 0.3) is 5.69 Å². The molecule has 19 heavy (non-hydrogen) atoms. The Hall–Kier alpha value is -1.64. The molecular formula is C11H14N2O5S. The maximum absolute atomic E-state index is 10.9. The summed E-state index contributed by atoms with van der Waals surface area (Å²) in [5, 5.41) is 30.3. The Balaban J connectivity index is 2.95. The number of benzene rings is 1. The molecule has 0 aromatic heterocycles. The molecule has 4 N–H and O–H groups in total. The average molecular weight is 286 g/mol. The van der Waals surface area contributed by atoms with E-state index in [0.717, 1.165) is 17.8 Å². The molecule has 0 aliphatic heterocycles. The van der Waals surface area contributed by atoms with Crippen molar-refractivity contribution in [2.24, 2.45) is 0 Å². The number of carbonyl (C=O) groups is 1. The van der Waals surface area contributed by atoms with E-state index in [0.29, 0.717) is 0 Å². The molecule has 0 saturated heterocycles. The predicted octanol–water partition coefficient (Wildman–Crippen LogP) is 0.851. The number of nitrogen functional groups attached to an aromatic ring is 1. The second-order valence-electron chi connectivity index (χ2n) is 3.89. The molecule has 0 aliphatic rings. The van der Waals surface area contributed by atoms with Gasteiger partial charge in [0.15, 0.2) is 5.12 Å². The van der Waals surface area contributed by atoms with Crippen molar-refractivity contribution in [2.75, 3.05) is 11.5 Å². The molecule has 1 aromatic carbocycles. The molecule has 0 spiro atoms. The van der Waals surface area contributed by atoms with Crippen LogP contribution in [-0.4, -0.2) is 32.1 Å². The number of nitrogens with zero attached hydrogens (tertiary/aromatic N) is 1. The first-order valence-electron chi connectivity index (χ1n) is 5.36. The van der Waals surface area contributed by atoms with Gasteiger partial charge in [-0.05, 0) is 12.1 Å². The fourth-order valence-electron chi connectivity index (χ4n) is 1.47. The van der Waals surface area contributed by atoms with Gasteiger partial charge in [-0.1, -0.05) is 11.8 Å². The summed E-state index contributed by atoms with van der Waals surface area (Å²) in [4.78, 5) is 21.0. The molecule has 0 saturated carbocycles. The fraction of sp³-hybridized carbons (Fsp3) is 0.364. The normalized spacial score (nSPS) is 13.8. The minimum atomic E-state index is -1.45. The van der Waals surface area contributed by atoms with Gasteiger partial charge < -0.3 is 15.9 Å². The van der Waals surface area contributed by atoms with E-state index in [4.69, 9.17) is 5.73 Å². The number of nitrogens with two attached hydrogens (primary N) is 1. The second kappa shape index (κ2) is 6.50. The zero-order valence-corrected chi connectivity index (χ0v) is 11.0. The standard InChI is InChI=1S/C11H14N2O5S/c1-6(14)19-5-10(15)11(16)8-3-2-7(12)4-9(8)13(17)18/h2-4,10-11,15-16H,5,12H2,1H3. The topological polar surface area (TPSA) is 127 Å². The van der Waals surface area contributed by atoms with Crippen LogP contribution in [0.25, 0.3) is 0 Å². The molecule has 104 valence electrons. The number of hydrogen-bond donors (Lipinski definition) is 3. The van der Waals surface area contributed by atoms with Gasteiger partial charge in [-0.25, -0.2) is 0 Å². The molecule has 2 atom stereocenters. The number of nitro groups is 1. The lowest BCUT2D eigenvalue weighted by atomic mass is 10.0. The first-order valence-corrected chi connectivity index (χ1v) is 6.34. The molecule has 8 heteroatoms. The van der Waals surface area contributed by atoms with Gasteiger partial charge in [0, 0.05) is 24.4 Å². The molecule has 0 bridgehead atoms. The summed E-state index contributed by atoms with van der Waals surface area (Å²) in [5.41, 5.74) is 5.24. The Labute approximate surface area is 113 Å². The van der Waals surface area contributed by atoms with Crippen molar-refractivity contribution in [2.45, 2.75) is 19.1 Å². The Morgan fingerprint density at radius 2 is 2.16 bits per heavy atom. The van der Waals surface area contributed by atoms with Crippen LogP contribution in [0.3, 0.4) is 0 Å². The van der Waals surface area contributed by atoms with Gasteiger partial charge in [0.1, 0.15) is 6.10 Å². The second-order valence-corrected chi connectivity index (χ2v) is 5.09. The number of carbonyl (C=O) groups excluding carboxylic acids is 1. The first kappa shape index (κ1) is 15.4. The van der Waals surface area contributed by atoms with Crippen molar-refractivity contribution < 1.29 is 19.9 Å². The zero-order valence-electron chi connectivity index (χ0n) is 10.1. The zero-order chi connectivity index (χ0) is 14.6. The Morgan fingerprint density at radius 3 is 2.68 bits per heavy atom. The maximum atomic E-state index is 10.9. The van der Waals surface area contributed by atoms with Crippen LogP contribution < -0.4 is 5.73 Å². The molecule has 7 nitrogen and oxygen atoms in total. The summed E-state index contributed by atoms with van der Waals surface area (Å²) in [5.74, 6) is -0.0436. The van der Waals surface area contributed by atoms with Crippen molar-refractivity contribution in [1.29, 1.82) is 0 Å². The van der Waals surface area contributed by atoms with Gasteiger partial charge in [-0.2, -0.15) is 0 Å². The lowest BCUT2D eigenvalue weighted by Crippen LogP contribution is -2.22.